The number of aromatic nitrogens is 1. The molecule has 38 heavy (non-hydrogen) atoms. The summed E-state index contributed by atoms with van der Waals surface area (Å²) in [7, 11) is 0. The van der Waals surface area contributed by atoms with E-state index in [1.165, 1.54) is 37.4 Å². The molecule has 6 unspecified atom stereocenters. The SMILES string of the molecule is CC(C)(O)C1CCC2NCc3ncccc3C(CCCI3CCC(C(O)NCc4ccc(Cl)cc4)C3)C2C1. The van der Waals surface area contributed by atoms with Gasteiger partial charge in [0.2, 0.25) is 0 Å². The van der Waals surface area contributed by atoms with E-state index in [1.807, 2.05) is 44.3 Å². The summed E-state index contributed by atoms with van der Waals surface area (Å²) < 4.78 is 4.01. The van der Waals surface area contributed by atoms with Gasteiger partial charge in [-0.25, -0.2) is 0 Å². The Kier molecular flexibility index (Phi) is 9.70. The standard InChI is InChI=1S/C31H45ClIN3O2/c1-31(2,38)23-9-12-28-27(17-23)25(26-6-4-16-34-29(26)20-35-28)5-3-14-33-15-13-22(18-33)30(37)36-19-21-7-10-24(32)11-8-21/h4,6-8,10-11,16,22-23,25,27-28,30,35-38H,3,5,9,12-15,17-20H2,1-2H3. The summed E-state index contributed by atoms with van der Waals surface area (Å²) in [5, 5.41) is 29.6. The molecular weight excluding hydrogens is 609 g/mol. The number of pyridine rings is 1. The number of fused-ring (bicyclic) bond motifs is 2. The fraction of sp³-hybridized carbons (Fsp3) is 0.645. The monoisotopic (exact) mass is 653 g/mol. The molecular formula is C31H45ClIN3O2. The molecule has 1 aromatic heterocycles. The molecule has 3 aliphatic rings. The number of nitrogens with one attached hydrogen (secondary N) is 2. The van der Waals surface area contributed by atoms with Crippen molar-refractivity contribution in [3.63, 3.8) is 0 Å². The molecule has 1 aromatic carbocycles. The molecule has 5 nitrogen and oxygen atoms in total. The van der Waals surface area contributed by atoms with Gasteiger partial charge in [-0.15, -0.1) is 0 Å². The van der Waals surface area contributed by atoms with Gasteiger partial charge in [-0.05, 0) is 0 Å². The number of hydrogen-bond donors (Lipinski definition) is 4. The van der Waals surface area contributed by atoms with Crippen LogP contribution in [0.1, 0.15) is 75.1 Å². The maximum absolute atomic E-state index is 10.8. The molecule has 1 saturated carbocycles. The summed E-state index contributed by atoms with van der Waals surface area (Å²) in [4.78, 5) is 4.77. The normalized spacial score (nSPS) is 29.4. The molecule has 1 aliphatic carbocycles. The second-order valence-electron chi connectivity index (χ2n) is 12.2. The Balaban J connectivity index is 1.16. The molecule has 0 amide bonds. The summed E-state index contributed by atoms with van der Waals surface area (Å²) in [5.74, 6) is 1.84. The van der Waals surface area contributed by atoms with E-state index >= 15 is 0 Å². The van der Waals surface area contributed by atoms with Gasteiger partial charge in [0, 0.05) is 0 Å². The second kappa shape index (κ2) is 12.8. The zero-order valence-electron chi connectivity index (χ0n) is 22.9. The summed E-state index contributed by atoms with van der Waals surface area (Å²) in [6, 6.07) is 12.8. The fourth-order valence-electron chi connectivity index (χ4n) is 6.93. The van der Waals surface area contributed by atoms with Gasteiger partial charge in [-0.2, -0.15) is 0 Å². The quantitative estimate of drug-likeness (QED) is 0.154. The van der Waals surface area contributed by atoms with Crippen LogP contribution in [0.25, 0.3) is 0 Å². The van der Waals surface area contributed by atoms with Crippen LogP contribution in [0.3, 0.4) is 0 Å². The predicted octanol–water partition coefficient (Wildman–Crippen LogP) is 5.89. The Morgan fingerprint density at radius 1 is 1.18 bits per heavy atom. The zero-order chi connectivity index (χ0) is 26.7. The van der Waals surface area contributed by atoms with Crippen LogP contribution in [0, 0.1) is 17.8 Å². The van der Waals surface area contributed by atoms with Crippen LogP contribution in [-0.4, -0.2) is 46.4 Å². The van der Waals surface area contributed by atoms with Crippen LogP contribution in [0.2, 0.25) is 5.02 Å². The molecule has 210 valence electrons. The van der Waals surface area contributed by atoms with Crippen LogP contribution in [-0.2, 0) is 13.1 Å². The molecule has 6 atom stereocenters. The number of aliphatic hydroxyl groups excluding tert-OH is 1. The molecule has 0 bridgehead atoms. The first-order valence-corrected chi connectivity index (χ1v) is 19.4. The molecule has 0 radical (unpaired) electrons. The number of rotatable bonds is 9. The van der Waals surface area contributed by atoms with E-state index in [2.05, 4.69) is 22.8 Å². The van der Waals surface area contributed by atoms with Crippen molar-refractivity contribution in [2.75, 3.05) is 13.3 Å². The fourth-order valence-corrected chi connectivity index (χ4v) is 14.2. The topological polar surface area (TPSA) is 77.4 Å². The van der Waals surface area contributed by atoms with Crippen molar-refractivity contribution in [2.24, 2.45) is 17.8 Å². The van der Waals surface area contributed by atoms with E-state index in [0.717, 1.165) is 42.8 Å². The minimum absolute atomic E-state index is 0.360. The van der Waals surface area contributed by atoms with Gasteiger partial charge < -0.3 is 0 Å². The molecule has 1 saturated heterocycles. The van der Waals surface area contributed by atoms with E-state index in [-0.39, 0.29) is 0 Å². The molecule has 2 aliphatic heterocycles. The molecule has 5 rings (SSSR count). The number of alkyl halides is 3. The molecule has 7 heteroatoms. The van der Waals surface area contributed by atoms with Crippen LogP contribution < -0.4 is 10.6 Å². The first-order valence-electron chi connectivity index (χ1n) is 14.4. The van der Waals surface area contributed by atoms with Crippen molar-refractivity contribution < 1.29 is 10.2 Å². The maximum atomic E-state index is 10.8. The number of benzene rings is 1. The van der Waals surface area contributed by atoms with E-state index in [0.29, 0.717) is 36.3 Å². The van der Waals surface area contributed by atoms with Crippen LogP contribution in [0.15, 0.2) is 42.6 Å². The van der Waals surface area contributed by atoms with Crippen molar-refractivity contribution in [2.45, 2.75) is 89.3 Å². The first kappa shape index (κ1) is 28.7. The molecule has 0 spiro atoms. The second-order valence-corrected chi connectivity index (χ2v) is 18.9. The summed E-state index contributed by atoms with van der Waals surface area (Å²) in [5.41, 5.74) is 3.21. The number of hydrogen-bond acceptors (Lipinski definition) is 5. The van der Waals surface area contributed by atoms with Crippen molar-refractivity contribution in [1.82, 2.24) is 15.6 Å². The number of aliphatic hydroxyl groups is 2. The van der Waals surface area contributed by atoms with Crippen LogP contribution >= 0.6 is 31.4 Å². The Morgan fingerprint density at radius 2 is 2.00 bits per heavy atom. The summed E-state index contributed by atoms with van der Waals surface area (Å²) in [6.45, 7) is 5.53. The van der Waals surface area contributed by atoms with E-state index in [4.69, 9.17) is 16.6 Å². The molecule has 4 N–H and O–H groups in total. The van der Waals surface area contributed by atoms with Crippen molar-refractivity contribution in [3.05, 3.63) is 64.4 Å². The summed E-state index contributed by atoms with van der Waals surface area (Å²) >= 11 is 4.96. The Morgan fingerprint density at radius 3 is 2.79 bits per heavy atom. The summed E-state index contributed by atoms with van der Waals surface area (Å²) in [6.07, 6.45) is 8.52. The van der Waals surface area contributed by atoms with Crippen LogP contribution in [0.4, 0.5) is 0 Å². The third-order valence-electron chi connectivity index (χ3n) is 9.23. The van der Waals surface area contributed by atoms with Gasteiger partial charge in [0.05, 0.1) is 0 Å². The average Bonchev–Trinajstić information content (AvgIpc) is 3.32. The third kappa shape index (κ3) is 7.10. The van der Waals surface area contributed by atoms with E-state index in [9.17, 15) is 10.2 Å². The zero-order valence-corrected chi connectivity index (χ0v) is 25.8. The van der Waals surface area contributed by atoms with Crippen molar-refractivity contribution >= 4 is 31.4 Å². The molecule has 3 heterocycles. The first-order chi connectivity index (χ1) is 18.3. The molecule has 2 fully saturated rings. The Bertz CT molecular complexity index is 1050. The van der Waals surface area contributed by atoms with E-state index < -0.39 is 31.6 Å². The van der Waals surface area contributed by atoms with Crippen molar-refractivity contribution in [1.29, 1.82) is 0 Å². The van der Waals surface area contributed by atoms with Gasteiger partial charge in [-0.1, -0.05) is 0 Å². The van der Waals surface area contributed by atoms with Crippen molar-refractivity contribution in [3.8, 4) is 0 Å². The Hall–Kier alpha value is -0.770. The van der Waals surface area contributed by atoms with Gasteiger partial charge in [0.1, 0.15) is 0 Å². The number of halogens is 2. The minimum atomic E-state index is -1.03. The van der Waals surface area contributed by atoms with Gasteiger partial charge in [-0.3, -0.25) is 0 Å². The average molecular weight is 654 g/mol. The Labute approximate surface area is 240 Å². The van der Waals surface area contributed by atoms with Crippen LogP contribution in [0.5, 0.6) is 0 Å². The van der Waals surface area contributed by atoms with E-state index in [1.54, 1.807) is 0 Å². The van der Waals surface area contributed by atoms with Gasteiger partial charge >= 0.3 is 242 Å². The van der Waals surface area contributed by atoms with Gasteiger partial charge in [0.25, 0.3) is 0 Å². The van der Waals surface area contributed by atoms with Gasteiger partial charge in [0.15, 0.2) is 0 Å². The number of nitrogens with zero attached hydrogens (tertiary/aromatic N) is 1. The molecule has 2 aromatic rings. The third-order valence-corrected chi connectivity index (χ3v) is 16.3. The predicted molar refractivity (Wildman–Crippen MR) is 165 cm³/mol.